The molecule has 1 N–H and O–H groups in total. The van der Waals surface area contributed by atoms with Crippen molar-refractivity contribution in [1.29, 1.82) is 0 Å². The van der Waals surface area contributed by atoms with Crippen molar-refractivity contribution in [3.63, 3.8) is 0 Å². The molecule has 21 heavy (non-hydrogen) atoms. The van der Waals surface area contributed by atoms with Gasteiger partial charge in [0.2, 0.25) is 0 Å². The number of hydrogen-bond acceptors (Lipinski definition) is 3. The molecule has 0 aliphatic heterocycles. The van der Waals surface area contributed by atoms with Crippen LogP contribution in [-0.4, -0.2) is 30.0 Å². The number of rotatable bonds is 10. The lowest BCUT2D eigenvalue weighted by molar-refractivity contribution is 0.178. The lowest BCUT2D eigenvalue weighted by Crippen LogP contribution is -2.20. The topological polar surface area (TPSA) is 39.1 Å². The van der Waals surface area contributed by atoms with Crippen LogP contribution in [0.4, 0.5) is 0 Å². The van der Waals surface area contributed by atoms with Crippen LogP contribution in [0.15, 0.2) is 0 Å². The molecule has 122 valence electrons. The van der Waals surface area contributed by atoms with Gasteiger partial charge in [-0.2, -0.15) is 5.10 Å². The van der Waals surface area contributed by atoms with Crippen LogP contribution in [0, 0.1) is 5.92 Å². The van der Waals surface area contributed by atoms with Crippen molar-refractivity contribution in [2.24, 2.45) is 5.92 Å². The zero-order valence-electron chi connectivity index (χ0n) is 14.7. The Labute approximate surface area is 130 Å². The average Bonchev–Trinajstić information content (AvgIpc) is 2.82. The first kappa shape index (κ1) is 18.2. The van der Waals surface area contributed by atoms with Crippen LogP contribution in [0.5, 0.6) is 0 Å². The first-order valence-electron chi connectivity index (χ1n) is 8.33. The smallest absolute Gasteiger partial charge is 0.0669 e. The first-order valence-corrected chi connectivity index (χ1v) is 8.33. The standard InChI is InChI=1S/C17H33N3O/c1-7-16-15(12-18-11-13(3)4)17(8-2)20(19-16)14(5)9-10-21-6/h13-14,18H,7-12H2,1-6H3. The second-order valence-electron chi connectivity index (χ2n) is 6.18. The molecule has 0 aliphatic carbocycles. The number of methoxy groups -OCH3 is 1. The zero-order valence-corrected chi connectivity index (χ0v) is 14.7. The third kappa shape index (κ3) is 5.11. The minimum atomic E-state index is 0.393. The van der Waals surface area contributed by atoms with Gasteiger partial charge in [0.25, 0.3) is 0 Å². The van der Waals surface area contributed by atoms with E-state index in [9.17, 15) is 0 Å². The fraction of sp³-hybridized carbons (Fsp3) is 0.824. The van der Waals surface area contributed by atoms with Crippen LogP contribution in [0.2, 0.25) is 0 Å². The van der Waals surface area contributed by atoms with Crippen molar-refractivity contribution in [3.05, 3.63) is 17.0 Å². The molecule has 1 heterocycles. The number of aromatic nitrogens is 2. The summed E-state index contributed by atoms with van der Waals surface area (Å²) in [6.45, 7) is 13.9. The van der Waals surface area contributed by atoms with Crippen molar-refractivity contribution in [2.75, 3.05) is 20.3 Å². The number of aryl methyl sites for hydroxylation is 1. The van der Waals surface area contributed by atoms with Gasteiger partial charge < -0.3 is 10.1 Å². The molecular weight excluding hydrogens is 262 g/mol. The van der Waals surface area contributed by atoms with Crippen LogP contribution in [0.3, 0.4) is 0 Å². The van der Waals surface area contributed by atoms with E-state index in [2.05, 4.69) is 44.6 Å². The third-order valence-electron chi connectivity index (χ3n) is 3.88. The van der Waals surface area contributed by atoms with E-state index in [1.165, 1.54) is 17.0 Å². The Balaban J connectivity index is 2.92. The quantitative estimate of drug-likeness (QED) is 0.719. The Bertz CT molecular complexity index is 412. The van der Waals surface area contributed by atoms with E-state index < -0.39 is 0 Å². The van der Waals surface area contributed by atoms with Crippen molar-refractivity contribution in [3.8, 4) is 0 Å². The molecule has 1 atom stereocenters. The van der Waals surface area contributed by atoms with Gasteiger partial charge in [-0.05, 0) is 38.6 Å². The highest BCUT2D eigenvalue weighted by atomic mass is 16.5. The summed E-state index contributed by atoms with van der Waals surface area (Å²) >= 11 is 0. The van der Waals surface area contributed by atoms with Crippen molar-refractivity contribution >= 4 is 0 Å². The molecule has 0 radical (unpaired) electrons. The summed E-state index contributed by atoms with van der Waals surface area (Å²) in [5.41, 5.74) is 4.03. The maximum absolute atomic E-state index is 5.21. The maximum Gasteiger partial charge on any atom is 0.0669 e. The van der Waals surface area contributed by atoms with E-state index in [1.54, 1.807) is 7.11 Å². The zero-order chi connectivity index (χ0) is 15.8. The minimum absolute atomic E-state index is 0.393. The normalized spacial score (nSPS) is 13.1. The lowest BCUT2D eigenvalue weighted by atomic mass is 10.1. The molecule has 4 nitrogen and oxygen atoms in total. The summed E-state index contributed by atoms with van der Waals surface area (Å²) in [6, 6.07) is 0.393. The molecule has 0 saturated carbocycles. The molecule has 1 aromatic rings. The number of nitrogens with one attached hydrogen (secondary N) is 1. The molecule has 0 spiro atoms. The molecule has 1 aromatic heterocycles. The third-order valence-corrected chi connectivity index (χ3v) is 3.88. The molecule has 0 amide bonds. The Kier molecular flexibility index (Phi) is 7.97. The van der Waals surface area contributed by atoms with Crippen molar-refractivity contribution < 1.29 is 4.74 Å². The predicted molar refractivity (Wildman–Crippen MR) is 88.7 cm³/mol. The number of hydrogen-bond donors (Lipinski definition) is 1. The van der Waals surface area contributed by atoms with Crippen LogP contribution in [0.25, 0.3) is 0 Å². The first-order chi connectivity index (χ1) is 10.0. The van der Waals surface area contributed by atoms with Crippen LogP contribution >= 0.6 is 0 Å². The summed E-state index contributed by atoms with van der Waals surface area (Å²) in [5.74, 6) is 0.677. The lowest BCUT2D eigenvalue weighted by Gasteiger charge is -2.16. The molecule has 1 rings (SSSR count). The van der Waals surface area contributed by atoms with Gasteiger partial charge in [-0.1, -0.05) is 27.7 Å². The molecule has 0 saturated heterocycles. The minimum Gasteiger partial charge on any atom is -0.385 e. The molecule has 0 aromatic carbocycles. The van der Waals surface area contributed by atoms with Gasteiger partial charge in [-0.25, -0.2) is 0 Å². The van der Waals surface area contributed by atoms with Gasteiger partial charge in [0.1, 0.15) is 0 Å². The van der Waals surface area contributed by atoms with E-state index >= 15 is 0 Å². The highest BCUT2D eigenvalue weighted by Gasteiger charge is 2.18. The highest BCUT2D eigenvalue weighted by Crippen LogP contribution is 2.22. The van der Waals surface area contributed by atoms with Gasteiger partial charge in [-0.3, -0.25) is 4.68 Å². The Hall–Kier alpha value is -0.870. The average molecular weight is 295 g/mol. The van der Waals surface area contributed by atoms with Gasteiger partial charge >= 0.3 is 0 Å². The van der Waals surface area contributed by atoms with Gasteiger partial charge in [0, 0.05) is 31.5 Å². The molecule has 1 unspecified atom stereocenters. The van der Waals surface area contributed by atoms with Crippen LogP contribution in [0.1, 0.15) is 64.0 Å². The van der Waals surface area contributed by atoms with Gasteiger partial charge in [0.15, 0.2) is 0 Å². The number of nitrogens with zero attached hydrogens (tertiary/aromatic N) is 2. The van der Waals surface area contributed by atoms with E-state index in [0.29, 0.717) is 12.0 Å². The second kappa shape index (κ2) is 9.21. The fourth-order valence-corrected chi connectivity index (χ4v) is 2.68. The van der Waals surface area contributed by atoms with E-state index in [1.807, 2.05) is 0 Å². The summed E-state index contributed by atoms with van der Waals surface area (Å²) in [6.07, 6.45) is 3.03. The number of ether oxygens (including phenoxy) is 1. The largest absolute Gasteiger partial charge is 0.385 e. The Morgan fingerprint density at radius 1 is 1.19 bits per heavy atom. The van der Waals surface area contributed by atoms with Crippen LogP contribution < -0.4 is 5.32 Å². The van der Waals surface area contributed by atoms with Crippen LogP contribution in [-0.2, 0) is 24.1 Å². The molecule has 4 heteroatoms. The summed E-state index contributed by atoms with van der Waals surface area (Å²) < 4.78 is 7.44. The molecule has 0 bridgehead atoms. The SMILES string of the molecule is CCc1nn(C(C)CCOC)c(CC)c1CNCC(C)C. The van der Waals surface area contributed by atoms with Crippen molar-refractivity contribution in [2.45, 2.75) is 66.5 Å². The fourth-order valence-electron chi connectivity index (χ4n) is 2.68. The molecule has 0 aliphatic rings. The van der Waals surface area contributed by atoms with E-state index in [4.69, 9.17) is 9.84 Å². The molecule has 0 fully saturated rings. The van der Waals surface area contributed by atoms with Gasteiger partial charge in [-0.15, -0.1) is 0 Å². The summed E-state index contributed by atoms with van der Waals surface area (Å²) in [7, 11) is 1.76. The van der Waals surface area contributed by atoms with E-state index in [-0.39, 0.29) is 0 Å². The summed E-state index contributed by atoms with van der Waals surface area (Å²) in [4.78, 5) is 0. The second-order valence-corrected chi connectivity index (χ2v) is 6.18. The Morgan fingerprint density at radius 2 is 1.90 bits per heavy atom. The van der Waals surface area contributed by atoms with Gasteiger partial charge in [0.05, 0.1) is 11.7 Å². The van der Waals surface area contributed by atoms with E-state index in [0.717, 1.165) is 39.0 Å². The highest BCUT2D eigenvalue weighted by molar-refractivity contribution is 5.27. The monoisotopic (exact) mass is 295 g/mol. The molecular formula is C17H33N3O. The maximum atomic E-state index is 5.21. The summed E-state index contributed by atoms with van der Waals surface area (Å²) in [5, 5.41) is 8.44. The Morgan fingerprint density at radius 3 is 2.43 bits per heavy atom. The van der Waals surface area contributed by atoms with Crippen molar-refractivity contribution in [1.82, 2.24) is 15.1 Å². The predicted octanol–water partition coefficient (Wildman–Crippen LogP) is 3.35.